The molecule has 1 atom stereocenters. The van der Waals surface area contributed by atoms with Gasteiger partial charge in [0, 0.05) is 16.9 Å². The van der Waals surface area contributed by atoms with Crippen LogP contribution in [-0.2, 0) is 20.9 Å². The van der Waals surface area contributed by atoms with Crippen LogP contribution in [0, 0.1) is 11.3 Å². The van der Waals surface area contributed by atoms with Gasteiger partial charge in [-0.1, -0.05) is 85.8 Å². The summed E-state index contributed by atoms with van der Waals surface area (Å²) in [7, 11) is 1.63. The average Bonchev–Trinajstić information content (AvgIpc) is 3.06. The summed E-state index contributed by atoms with van der Waals surface area (Å²) in [4.78, 5) is 17.9. The van der Waals surface area contributed by atoms with Crippen molar-refractivity contribution in [1.82, 2.24) is 4.98 Å². The van der Waals surface area contributed by atoms with Crippen molar-refractivity contribution in [3.05, 3.63) is 102 Å². The monoisotopic (exact) mass is 612 g/mol. The van der Waals surface area contributed by atoms with Crippen LogP contribution in [0.25, 0.3) is 22.4 Å². The Morgan fingerprint density at radius 3 is 2.37 bits per heavy atom. The quantitative estimate of drug-likeness (QED) is 0.0714. The van der Waals surface area contributed by atoms with Crippen LogP contribution in [-0.4, -0.2) is 48.0 Å². The number of pyridine rings is 1. The van der Waals surface area contributed by atoms with Crippen molar-refractivity contribution in [2.75, 3.05) is 31.0 Å². The van der Waals surface area contributed by atoms with Gasteiger partial charge in [-0.3, -0.25) is 4.79 Å². The van der Waals surface area contributed by atoms with Crippen LogP contribution in [0.1, 0.15) is 30.9 Å². The van der Waals surface area contributed by atoms with E-state index < -0.39 is 0 Å². The number of ether oxygens (including phenoxy) is 3. The maximum atomic E-state index is 13.1. The van der Waals surface area contributed by atoms with Crippen LogP contribution in [0.2, 0.25) is 0 Å². The number of unbranched alkanes of at least 4 members (excludes halogenated alkanes) is 1. The zero-order valence-electron chi connectivity index (χ0n) is 24.5. The highest BCUT2D eigenvalue weighted by Gasteiger charge is 2.20. The number of benzene rings is 3. The standard InChI is InChI=1S/C35H36N2O4S2/c1-3-4-19-42-24-30(23-40-22-26-11-7-5-8-12-26)41-34(38)25-43-35-32(21-36)31(27-13-9-6-10-14-27)20-33(37-35)28-15-17-29(39-2)18-16-28/h5-18,20,30H,3-4,19,22-25H2,1-2H3. The molecule has 0 N–H and O–H groups in total. The van der Waals surface area contributed by atoms with Crippen molar-refractivity contribution in [3.8, 4) is 34.2 Å². The number of thioether (sulfide) groups is 2. The van der Waals surface area contributed by atoms with Crippen LogP contribution in [0.4, 0.5) is 0 Å². The first-order valence-corrected chi connectivity index (χ1v) is 16.4. The molecular formula is C35H36N2O4S2. The molecule has 0 fully saturated rings. The maximum Gasteiger partial charge on any atom is 0.316 e. The van der Waals surface area contributed by atoms with Gasteiger partial charge in [-0.25, -0.2) is 4.98 Å². The van der Waals surface area contributed by atoms with E-state index in [1.807, 2.05) is 91.0 Å². The molecule has 6 nitrogen and oxygen atoms in total. The lowest BCUT2D eigenvalue weighted by Crippen LogP contribution is -2.27. The Kier molecular flexibility index (Phi) is 13.0. The third-order valence-corrected chi connectivity index (χ3v) is 8.69. The lowest BCUT2D eigenvalue weighted by molar-refractivity contribution is -0.147. The highest BCUT2D eigenvalue weighted by molar-refractivity contribution is 8.00. The molecule has 1 unspecified atom stereocenters. The van der Waals surface area contributed by atoms with Crippen LogP contribution < -0.4 is 4.74 Å². The molecule has 0 saturated heterocycles. The van der Waals surface area contributed by atoms with Gasteiger partial charge < -0.3 is 14.2 Å². The zero-order valence-corrected chi connectivity index (χ0v) is 26.2. The molecule has 4 rings (SSSR count). The molecule has 0 radical (unpaired) electrons. The van der Waals surface area contributed by atoms with E-state index in [2.05, 4.69) is 13.0 Å². The van der Waals surface area contributed by atoms with Crippen molar-refractivity contribution >= 4 is 29.5 Å². The second-order valence-corrected chi connectivity index (χ2v) is 11.9. The highest BCUT2D eigenvalue weighted by atomic mass is 32.2. The number of nitriles is 1. The van der Waals surface area contributed by atoms with E-state index in [1.165, 1.54) is 11.8 Å². The summed E-state index contributed by atoms with van der Waals surface area (Å²) in [5, 5.41) is 10.7. The molecule has 0 amide bonds. The highest BCUT2D eigenvalue weighted by Crippen LogP contribution is 2.34. The number of hydrogen-bond donors (Lipinski definition) is 0. The van der Waals surface area contributed by atoms with Gasteiger partial charge in [-0.2, -0.15) is 17.0 Å². The normalized spacial score (nSPS) is 11.5. The van der Waals surface area contributed by atoms with Gasteiger partial charge >= 0.3 is 5.97 Å². The van der Waals surface area contributed by atoms with E-state index in [4.69, 9.17) is 19.2 Å². The van der Waals surface area contributed by atoms with Crippen LogP contribution in [0.5, 0.6) is 5.75 Å². The molecule has 8 heteroatoms. The van der Waals surface area contributed by atoms with Crippen molar-refractivity contribution in [2.45, 2.75) is 37.5 Å². The molecule has 0 aliphatic heterocycles. The van der Waals surface area contributed by atoms with Crippen molar-refractivity contribution < 1.29 is 19.0 Å². The number of hydrogen-bond acceptors (Lipinski definition) is 8. The summed E-state index contributed by atoms with van der Waals surface area (Å²) in [5.41, 5.74) is 4.75. The SMILES string of the molecule is CCCCSCC(COCc1ccccc1)OC(=O)CSc1nc(-c2ccc(OC)cc2)cc(-c2ccccc2)c1C#N. The summed E-state index contributed by atoms with van der Waals surface area (Å²) < 4.78 is 17.1. The van der Waals surface area contributed by atoms with E-state index >= 15 is 0 Å². The smallest absolute Gasteiger partial charge is 0.316 e. The molecule has 0 aliphatic carbocycles. The summed E-state index contributed by atoms with van der Waals surface area (Å²) in [6, 6.07) is 31.6. The van der Waals surface area contributed by atoms with Crippen LogP contribution in [0.15, 0.2) is 96.0 Å². The minimum Gasteiger partial charge on any atom is -0.497 e. The number of methoxy groups -OCH3 is 1. The third-order valence-electron chi connectivity index (χ3n) is 6.55. The van der Waals surface area contributed by atoms with Crippen molar-refractivity contribution in [1.29, 1.82) is 5.26 Å². The van der Waals surface area contributed by atoms with Gasteiger partial charge in [0.15, 0.2) is 0 Å². The van der Waals surface area contributed by atoms with Gasteiger partial charge in [-0.15, -0.1) is 0 Å². The number of nitrogens with zero attached hydrogens (tertiary/aromatic N) is 2. The Bertz CT molecular complexity index is 1480. The number of carbonyl (C=O) groups is 1. The largest absolute Gasteiger partial charge is 0.497 e. The lowest BCUT2D eigenvalue weighted by atomic mass is 9.99. The zero-order chi connectivity index (χ0) is 30.3. The summed E-state index contributed by atoms with van der Waals surface area (Å²) in [6.07, 6.45) is 1.86. The topological polar surface area (TPSA) is 81.4 Å². The number of carbonyl (C=O) groups excluding carboxylic acids is 1. The van der Waals surface area contributed by atoms with Crippen LogP contribution >= 0.6 is 23.5 Å². The van der Waals surface area contributed by atoms with Gasteiger partial charge in [-0.05, 0) is 53.6 Å². The number of aromatic nitrogens is 1. The fourth-order valence-electron chi connectivity index (χ4n) is 4.30. The predicted octanol–water partition coefficient (Wildman–Crippen LogP) is 8.05. The minimum absolute atomic E-state index is 0.0246. The Labute approximate surface area is 262 Å². The molecule has 222 valence electrons. The molecule has 1 heterocycles. The second-order valence-electron chi connectivity index (χ2n) is 9.77. The fraction of sp³-hybridized carbons (Fsp3) is 0.286. The summed E-state index contributed by atoms with van der Waals surface area (Å²) in [5.74, 6) is 2.08. The van der Waals surface area contributed by atoms with Gasteiger partial charge in [0.2, 0.25) is 0 Å². The lowest BCUT2D eigenvalue weighted by Gasteiger charge is -2.18. The Morgan fingerprint density at radius 2 is 1.70 bits per heavy atom. The minimum atomic E-state index is -0.368. The third kappa shape index (κ3) is 9.89. The van der Waals surface area contributed by atoms with Gasteiger partial charge in [0.25, 0.3) is 0 Å². The fourth-order valence-corrected chi connectivity index (χ4v) is 6.17. The summed E-state index contributed by atoms with van der Waals surface area (Å²) in [6.45, 7) is 2.94. The molecule has 43 heavy (non-hydrogen) atoms. The van der Waals surface area contributed by atoms with E-state index in [-0.39, 0.29) is 17.8 Å². The average molecular weight is 613 g/mol. The Morgan fingerprint density at radius 1 is 0.977 bits per heavy atom. The first-order chi connectivity index (χ1) is 21.1. The van der Waals surface area contributed by atoms with Crippen molar-refractivity contribution in [3.63, 3.8) is 0 Å². The number of rotatable bonds is 16. The van der Waals surface area contributed by atoms with E-state index in [9.17, 15) is 10.1 Å². The maximum absolute atomic E-state index is 13.1. The van der Waals surface area contributed by atoms with E-state index in [0.29, 0.717) is 35.2 Å². The number of esters is 1. The molecular weight excluding hydrogens is 577 g/mol. The Balaban J connectivity index is 1.50. The first-order valence-electron chi connectivity index (χ1n) is 14.3. The molecule has 0 bridgehead atoms. The molecule has 0 spiro atoms. The van der Waals surface area contributed by atoms with Gasteiger partial charge in [0.05, 0.1) is 37.3 Å². The van der Waals surface area contributed by atoms with Crippen molar-refractivity contribution in [2.24, 2.45) is 0 Å². The second kappa shape index (κ2) is 17.4. The van der Waals surface area contributed by atoms with E-state index in [1.54, 1.807) is 18.9 Å². The van der Waals surface area contributed by atoms with E-state index in [0.717, 1.165) is 46.6 Å². The Hall–Kier alpha value is -3.77. The molecule has 1 aromatic heterocycles. The molecule has 4 aromatic rings. The molecule has 3 aromatic carbocycles. The first kappa shape index (κ1) is 32.2. The predicted molar refractivity (Wildman–Crippen MR) is 175 cm³/mol. The molecule has 0 saturated carbocycles. The summed E-state index contributed by atoms with van der Waals surface area (Å²) >= 11 is 2.99. The van der Waals surface area contributed by atoms with Crippen LogP contribution in [0.3, 0.4) is 0 Å². The molecule has 0 aliphatic rings. The van der Waals surface area contributed by atoms with Gasteiger partial charge in [0.1, 0.15) is 22.9 Å².